The molecule has 0 heterocycles. The van der Waals surface area contributed by atoms with E-state index in [2.05, 4.69) is 4.74 Å². The number of carbonyl (C=O) groups is 2. The third-order valence-corrected chi connectivity index (χ3v) is 2.31. The van der Waals surface area contributed by atoms with Crippen molar-refractivity contribution >= 4 is 19.1 Å². The van der Waals surface area contributed by atoms with E-state index in [1.165, 1.54) is 0 Å². The van der Waals surface area contributed by atoms with Gasteiger partial charge in [0, 0.05) is 19.2 Å². The van der Waals surface area contributed by atoms with Crippen molar-refractivity contribution in [1.82, 2.24) is 0 Å². The highest BCUT2D eigenvalue weighted by molar-refractivity contribution is 7.57. The molecule has 0 aliphatic rings. The van der Waals surface area contributed by atoms with Gasteiger partial charge in [0.2, 0.25) is 5.78 Å². The van der Waals surface area contributed by atoms with Gasteiger partial charge in [-0.25, -0.2) is 4.79 Å². The van der Waals surface area contributed by atoms with Gasteiger partial charge in [-0.05, 0) is 6.92 Å². The molecule has 0 aliphatic heterocycles. The summed E-state index contributed by atoms with van der Waals surface area (Å²) in [4.78, 5) is 30.4. The van der Waals surface area contributed by atoms with Crippen molar-refractivity contribution in [3.8, 4) is 0 Å². The molecule has 5 nitrogen and oxygen atoms in total. The van der Waals surface area contributed by atoms with Gasteiger partial charge in [-0.1, -0.05) is 0 Å². The molecule has 0 aromatic heterocycles. The van der Waals surface area contributed by atoms with Crippen molar-refractivity contribution in [3.05, 3.63) is 0 Å². The summed E-state index contributed by atoms with van der Waals surface area (Å²) in [6, 6.07) is 0. The summed E-state index contributed by atoms with van der Waals surface area (Å²) in [6.45, 7) is 2.86. The molecule has 0 bridgehead atoms. The maximum absolute atomic E-state index is 10.9. The molecule has 0 rings (SSSR count). The van der Waals surface area contributed by atoms with Crippen molar-refractivity contribution < 1.29 is 23.8 Å². The van der Waals surface area contributed by atoms with Crippen molar-refractivity contribution in [2.75, 3.05) is 19.4 Å². The molecular weight excluding hydrogens is 195 g/mol. The first-order valence-corrected chi connectivity index (χ1v) is 6.15. The van der Waals surface area contributed by atoms with Crippen LogP contribution in [0.1, 0.15) is 13.3 Å². The minimum atomic E-state index is -3.21. The Bertz CT molecular complexity index is 241. The van der Waals surface area contributed by atoms with E-state index in [9.17, 15) is 14.2 Å². The number of esters is 1. The van der Waals surface area contributed by atoms with E-state index in [0.29, 0.717) is 0 Å². The maximum atomic E-state index is 10.9. The molecule has 0 radical (unpaired) electrons. The van der Waals surface area contributed by atoms with Gasteiger partial charge in [0.15, 0.2) is 7.37 Å². The van der Waals surface area contributed by atoms with E-state index in [0.717, 1.165) is 6.66 Å². The summed E-state index contributed by atoms with van der Waals surface area (Å²) in [6.07, 6.45) is -0.409. The summed E-state index contributed by atoms with van der Waals surface area (Å²) in [5.41, 5.74) is 0. The van der Waals surface area contributed by atoms with Crippen LogP contribution in [-0.2, 0) is 18.9 Å². The second kappa shape index (κ2) is 5.14. The summed E-state index contributed by atoms with van der Waals surface area (Å²) in [5.74, 6) is -1.69. The highest BCUT2D eigenvalue weighted by atomic mass is 31.2. The molecule has 13 heavy (non-hydrogen) atoms. The molecule has 0 aromatic rings. The normalized spacial score (nSPS) is 14.7. The minimum absolute atomic E-state index is 0.132. The summed E-state index contributed by atoms with van der Waals surface area (Å²) in [5, 5.41) is 0. The quantitative estimate of drug-likeness (QED) is 0.402. The highest BCUT2D eigenvalue weighted by Crippen LogP contribution is 2.35. The van der Waals surface area contributed by atoms with Gasteiger partial charge < -0.3 is 9.63 Å². The van der Waals surface area contributed by atoms with Crippen LogP contribution in [0.25, 0.3) is 0 Å². The Hall–Kier alpha value is -0.670. The Morgan fingerprint density at radius 1 is 1.46 bits per heavy atom. The van der Waals surface area contributed by atoms with Gasteiger partial charge in [0.1, 0.15) is 0 Å². The van der Waals surface area contributed by atoms with Crippen molar-refractivity contribution in [1.29, 1.82) is 0 Å². The lowest BCUT2D eigenvalue weighted by molar-refractivity contribution is -0.153. The predicted molar refractivity (Wildman–Crippen MR) is 46.9 cm³/mol. The Kier molecular flexibility index (Phi) is 4.88. The fraction of sp³-hybridized carbons (Fsp3) is 0.714. The topological polar surface area (TPSA) is 80.7 Å². The molecular formula is C7H13O5P. The van der Waals surface area contributed by atoms with Crippen LogP contribution < -0.4 is 0 Å². The predicted octanol–water partition coefficient (Wildman–Crippen LogP) is 0.409. The average Bonchev–Trinajstić information content (AvgIpc) is 1.99. The van der Waals surface area contributed by atoms with Gasteiger partial charge in [-0.3, -0.25) is 9.36 Å². The van der Waals surface area contributed by atoms with Crippen LogP contribution in [0, 0.1) is 0 Å². The van der Waals surface area contributed by atoms with Gasteiger partial charge >= 0.3 is 5.97 Å². The molecule has 6 heteroatoms. The molecule has 76 valence electrons. The Morgan fingerprint density at radius 2 is 2.00 bits per heavy atom. The zero-order valence-electron chi connectivity index (χ0n) is 7.65. The van der Waals surface area contributed by atoms with E-state index in [1.54, 1.807) is 6.92 Å². The fourth-order valence-electron chi connectivity index (χ4n) is 0.623. The van der Waals surface area contributed by atoms with Gasteiger partial charge in [-0.15, -0.1) is 0 Å². The van der Waals surface area contributed by atoms with Crippen molar-refractivity contribution in [2.45, 2.75) is 13.3 Å². The van der Waals surface area contributed by atoms with Gasteiger partial charge in [0.25, 0.3) is 0 Å². The number of hydrogen-bond donors (Lipinski definition) is 1. The lowest BCUT2D eigenvalue weighted by Crippen LogP contribution is -2.18. The van der Waals surface area contributed by atoms with E-state index < -0.39 is 19.1 Å². The second-order valence-electron chi connectivity index (χ2n) is 2.67. The summed E-state index contributed by atoms with van der Waals surface area (Å²) in [7, 11) is -3.21. The largest absolute Gasteiger partial charge is 0.460 e. The van der Waals surface area contributed by atoms with Crippen LogP contribution in [0.2, 0.25) is 0 Å². The van der Waals surface area contributed by atoms with Crippen LogP contribution in [0.4, 0.5) is 0 Å². The lowest BCUT2D eigenvalue weighted by Gasteiger charge is -2.03. The molecule has 0 aromatic carbocycles. The molecule has 1 atom stereocenters. The zero-order valence-corrected chi connectivity index (χ0v) is 8.54. The molecule has 0 aliphatic carbocycles. The standard InChI is InChI=1S/C7H13O5P/c1-3-12-7(9)6(8)4-5-13(2,10)11/h3-5H2,1-2H3,(H,10,11). The molecule has 1 N–H and O–H groups in total. The van der Waals surface area contributed by atoms with Gasteiger partial charge in [0.05, 0.1) is 6.61 Å². The maximum Gasteiger partial charge on any atom is 0.374 e. The van der Waals surface area contributed by atoms with E-state index >= 15 is 0 Å². The fourth-order valence-corrected chi connectivity index (χ4v) is 1.24. The first-order chi connectivity index (χ1) is 5.87. The third kappa shape index (κ3) is 6.49. The first kappa shape index (κ1) is 12.3. The summed E-state index contributed by atoms with van der Waals surface area (Å²) < 4.78 is 15.2. The second-order valence-corrected chi connectivity index (χ2v) is 5.22. The Morgan fingerprint density at radius 3 is 2.38 bits per heavy atom. The molecule has 0 amide bonds. The Balaban J connectivity index is 3.89. The number of Topliss-reactive ketones (excluding diaryl/α,β-unsaturated/α-hetero) is 1. The average molecular weight is 208 g/mol. The molecule has 0 saturated heterocycles. The van der Waals surface area contributed by atoms with Crippen LogP contribution in [-0.4, -0.2) is 36.1 Å². The number of carbonyl (C=O) groups excluding carboxylic acids is 2. The monoisotopic (exact) mass is 208 g/mol. The third-order valence-electron chi connectivity index (χ3n) is 1.26. The van der Waals surface area contributed by atoms with Crippen molar-refractivity contribution in [3.63, 3.8) is 0 Å². The van der Waals surface area contributed by atoms with E-state index in [-0.39, 0.29) is 19.2 Å². The van der Waals surface area contributed by atoms with Crippen LogP contribution in [0.3, 0.4) is 0 Å². The van der Waals surface area contributed by atoms with Crippen molar-refractivity contribution in [2.24, 2.45) is 0 Å². The smallest absolute Gasteiger partial charge is 0.374 e. The molecule has 0 spiro atoms. The SMILES string of the molecule is CCOC(=O)C(=O)CCP(C)(=O)O. The van der Waals surface area contributed by atoms with Crippen LogP contribution >= 0.6 is 7.37 Å². The first-order valence-electron chi connectivity index (χ1n) is 3.86. The van der Waals surface area contributed by atoms with E-state index in [1.807, 2.05) is 0 Å². The van der Waals surface area contributed by atoms with E-state index in [4.69, 9.17) is 4.89 Å². The number of rotatable bonds is 5. The Labute approximate surface area is 76.5 Å². The lowest BCUT2D eigenvalue weighted by atomic mass is 10.3. The van der Waals surface area contributed by atoms with Crippen LogP contribution in [0.5, 0.6) is 0 Å². The number of ketones is 1. The minimum Gasteiger partial charge on any atom is -0.460 e. The number of ether oxygens (including phenoxy) is 1. The molecule has 0 fully saturated rings. The molecule has 1 unspecified atom stereocenters. The molecule has 0 saturated carbocycles. The van der Waals surface area contributed by atoms with Crippen LogP contribution in [0.15, 0.2) is 0 Å². The highest BCUT2D eigenvalue weighted by Gasteiger charge is 2.18. The van der Waals surface area contributed by atoms with Gasteiger partial charge in [-0.2, -0.15) is 0 Å². The number of hydrogen-bond acceptors (Lipinski definition) is 4. The zero-order chi connectivity index (χ0) is 10.5. The summed E-state index contributed by atoms with van der Waals surface area (Å²) >= 11 is 0.